The minimum atomic E-state index is -1.25. The Morgan fingerprint density at radius 1 is 1.40 bits per heavy atom. The lowest BCUT2D eigenvalue weighted by atomic mass is 9.66. The van der Waals surface area contributed by atoms with Crippen LogP contribution in [0.25, 0.3) is 0 Å². The molecule has 0 saturated carbocycles. The van der Waals surface area contributed by atoms with Gasteiger partial charge in [0, 0.05) is 30.6 Å². The van der Waals surface area contributed by atoms with E-state index in [2.05, 4.69) is 5.10 Å². The third-order valence-corrected chi connectivity index (χ3v) is 4.91. The molecule has 1 N–H and O–H groups in total. The SMILES string of the molecule is CCOC(=O)[C@@H]1[C@@H](c2ccccc2)c2c(OC)nn(C)c2C[C@]1(C)O. The number of hydrogen-bond acceptors (Lipinski definition) is 5. The summed E-state index contributed by atoms with van der Waals surface area (Å²) in [4.78, 5) is 12.8. The molecule has 1 aliphatic carbocycles. The number of rotatable bonds is 4. The standard InChI is InChI=1S/C19H24N2O4/c1-5-25-18(22)16-14(12-9-7-6-8-10-12)15-13(11-19(16,2)23)21(3)20-17(15)24-4/h6-10,14,16,23H,5,11H2,1-4H3/t14-,16-,19-/m0/s1. The Balaban J connectivity index is 2.24. The van der Waals surface area contributed by atoms with E-state index in [9.17, 15) is 9.90 Å². The molecule has 6 heteroatoms. The average Bonchev–Trinajstić information content (AvgIpc) is 2.89. The zero-order chi connectivity index (χ0) is 18.2. The monoisotopic (exact) mass is 344 g/mol. The van der Waals surface area contributed by atoms with E-state index < -0.39 is 17.5 Å². The van der Waals surface area contributed by atoms with Gasteiger partial charge in [0.2, 0.25) is 5.88 Å². The van der Waals surface area contributed by atoms with Crippen molar-refractivity contribution in [1.29, 1.82) is 0 Å². The predicted octanol–water partition coefficient (Wildman–Crippen LogP) is 2.05. The second-order valence-electron chi connectivity index (χ2n) is 6.65. The van der Waals surface area contributed by atoms with Crippen LogP contribution in [-0.2, 0) is 23.0 Å². The number of nitrogens with zero attached hydrogens (tertiary/aromatic N) is 2. The Kier molecular flexibility index (Phi) is 4.56. The van der Waals surface area contributed by atoms with E-state index in [4.69, 9.17) is 9.47 Å². The Hall–Kier alpha value is -2.34. The second kappa shape index (κ2) is 6.52. The second-order valence-corrected chi connectivity index (χ2v) is 6.65. The van der Waals surface area contributed by atoms with Gasteiger partial charge in [0.15, 0.2) is 0 Å². The molecule has 1 aromatic heterocycles. The maximum atomic E-state index is 12.8. The fourth-order valence-electron chi connectivity index (χ4n) is 3.84. The molecule has 3 rings (SSSR count). The molecular formula is C19H24N2O4. The summed E-state index contributed by atoms with van der Waals surface area (Å²) in [6.45, 7) is 3.72. The summed E-state index contributed by atoms with van der Waals surface area (Å²) >= 11 is 0. The molecule has 0 aliphatic heterocycles. The van der Waals surface area contributed by atoms with E-state index >= 15 is 0 Å². The Morgan fingerprint density at radius 2 is 2.08 bits per heavy atom. The Labute approximate surface area is 147 Å². The summed E-state index contributed by atoms with van der Waals surface area (Å²) < 4.78 is 12.5. The highest BCUT2D eigenvalue weighted by atomic mass is 16.5. The van der Waals surface area contributed by atoms with E-state index in [1.54, 1.807) is 25.6 Å². The van der Waals surface area contributed by atoms with Crippen LogP contribution >= 0.6 is 0 Å². The van der Waals surface area contributed by atoms with Gasteiger partial charge in [-0.05, 0) is 19.4 Å². The number of hydrogen-bond donors (Lipinski definition) is 1. The molecule has 3 atom stereocenters. The van der Waals surface area contributed by atoms with Crippen molar-refractivity contribution >= 4 is 5.97 Å². The van der Waals surface area contributed by atoms with E-state index in [0.29, 0.717) is 12.3 Å². The van der Waals surface area contributed by atoms with Crippen molar-refractivity contribution < 1.29 is 19.4 Å². The first-order valence-corrected chi connectivity index (χ1v) is 8.44. The number of esters is 1. The van der Waals surface area contributed by atoms with Crippen molar-refractivity contribution in [2.45, 2.75) is 31.8 Å². The summed E-state index contributed by atoms with van der Waals surface area (Å²) in [5.74, 6) is -1.04. The molecule has 0 bridgehead atoms. The third-order valence-electron chi connectivity index (χ3n) is 4.91. The van der Waals surface area contributed by atoms with Crippen LogP contribution in [0.5, 0.6) is 5.88 Å². The Bertz CT molecular complexity index is 767. The van der Waals surface area contributed by atoms with Crippen LogP contribution < -0.4 is 4.74 Å². The lowest BCUT2D eigenvalue weighted by Gasteiger charge is -2.41. The van der Waals surface area contributed by atoms with Crippen molar-refractivity contribution in [2.24, 2.45) is 13.0 Å². The fraction of sp³-hybridized carbons (Fsp3) is 0.474. The molecule has 6 nitrogen and oxygen atoms in total. The van der Waals surface area contributed by atoms with Crippen molar-refractivity contribution in [3.8, 4) is 5.88 Å². The highest BCUT2D eigenvalue weighted by Gasteiger charge is 2.52. The molecule has 0 saturated heterocycles. The number of aryl methyl sites for hydroxylation is 1. The predicted molar refractivity (Wildman–Crippen MR) is 92.5 cm³/mol. The largest absolute Gasteiger partial charge is 0.480 e. The van der Waals surface area contributed by atoms with Gasteiger partial charge in [0.05, 0.1) is 25.2 Å². The molecule has 1 aliphatic rings. The minimum absolute atomic E-state index is 0.268. The average molecular weight is 344 g/mol. The maximum Gasteiger partial charge on any atom is 0.312 e. The van der Waals surface area contributed by atoms with E-state index in [1.165, 1.54) is 0 Å². The fourth-order valence-corrected chi connectivity index (χ4v) is 3.84. The molecule has 0 spiro atoms. The number of ether oxygens (including phenoxy) is 2. The zero-order valence-corrected chi connectivity index (χ0v) is 15.0. The molecule has 134 valence electrons. The van der Waals surface area contributed by atoms with E-state index in [-0.39, 0.29) is 12.5 Å². The molecule has 0 fully saturated rings. The van der Waals surface area contributed by atoms with E-state index in [1.807, 2.05) is 37.4 Å². The lowest BCUT2D eigenvalue weighted by Crippen LogP contribution is -2.49. The number of fused-ring (bicyclic) bond motifs is 1. The van der Waals surface area contributed by atoms with Crippen LogP contribution in [0.2, 0.25) is 0 Å². The first kappa shape index (κ1) is 17.5. The first-order valence-electron chi connectivity index (χ1n) is 8.44. The van der Waals surface area contributed by atoms with Crippen LogP contribution in [-0.4, -0.2) is 40.2 Å². The van der Waals surface area contributed by atoms with Crippen molar-refractivity contribution in [3.05, 3.63) is 47.2 Å². The van der Waals surface area contributed by atoms with Gasteiger partial charge < -0.3 is 14.6 Å². The minimum Gasteiger partial charge on any atom is -0.480 e. The van der Waals surface area contributed by atoms with Crippen LogP contribution in [0.15, 0.2) is 30.3 Å². The molecule has 2 aromatic rings. The smallest absolute Gasteiger partial charge is 0.312 e. The molecule has 25 heavy (non-hydrogen) atoms. The van der Waals surface area contributed by atoms with Gasteiger partial charge in [-0.2, -0.15) is 0 Å². The maximum absolute atomic E-state index is 12.8. The Morgan fingerprint density at radius 3 is 2.68 bits per heavy atom. The highest BCUT2D eigenvalue weighted by Crippen LogP contribution is 2.49. The summed E-state index contributed by atoms with van der Waals surface area (Å²) in [6, 6.07) is 9.67. The van der Waals surface area contributed by atoms with Crippen LogP contribution in [0, 0.1) is 5.92 Å². The zero-order valence-electron chi connectivity index (χ0n) is 15.0. The molecule has 0 radical (unpaired) electrons. The number of aliphatic hydroxyl groups is 1. The van der Waals surface area contributed by atoms with Gasteiger partial charge in [0.25, 0.3) is 0 Å². The van der Waals surface area contributed by atoms with Gasteiger partial charge in [-0.1, -0.05) is 30.3 Å². The molecular weight excluding hydrogens is 320 g/mol. The molecule has 0 unspecified atom stereocenters. The number of aromatic nitrogens is 2. The molecule has 1 aromatic carbocycles. The van der Waals surface area contributed by atoms with Crippen molar-refractivity contribution in [1.82, 2.24) is 9.78 Å². The quantitative estimate of drug-likeness (QED) is 0.860. The summed E-state index contributed by atoms with van der Waals surface area (Å²) in [7, 11) is 3.39. The molecule has 1 heterocycles. The molecule has 0 amide bonds. The summed E-state index contributed by atoms with van der Waals surface area (Å²) in [6.07, 6.45) is 0.308. The van der Waals surface area contributed by atoms with Crippen LogP contribution in [0.4, 0.5) is 0 Å². The number of benzene rings is 1. The van der Waals surface area contributed by atoms with Gasteiger partial charge in [0.1, 0.15) is 0 Å². The van der Waals surface area contributed by atoms with E-state index in [0.717, 1.165) is 16.8 Å². The first-order chi connectivity index (χ1) is 11.9. The highest BCUT2D eigenvalue weighted by molar-refractivity contribution is 5.77. The third kappa shape index (κ3) is 2.91. The summed E-state index contributed by atoms with van der Waals surface area (Å²) in [5, 5.41) is 15.6. The normalized spacial score (nSPS) is 25.3. The number of carbonyl (C=O) groups excluding carboxylic acids is 1. The van der Waals surface area contributed by atoms with Gasteiger partial charge in [-0.25, -0.2) is 0 Å². The van der Waals surface area contributed by atoms with Crippen LogP contribution in [0.3, 0.4) is 0 Å². The van der Waals surface area contributed by atoms with Crippen molar-refractivity contribution in [3.63, 3.8) is 0 Å². The van der Waals surface area contributed by atoms with Gasteiger partial charge in [-0.3, -0.25) is 9.48 Å². The van der Waals surface area contributed by atoms with Crippen LogP contribution in [0.1, 0.15) is 36.6 Å². The number of methoxy groups -OCH3 is 1. The summed E-state index contributed by atoms with van der Waals surface area (Å²) in [5.41, 5.74) is 1.39. The van der Waals surface area contributed by atoms with Gasteiger partial charge >= 0.3 is 5.97 Å². The number of carbonyl (C=O) groups is 1. The van der Waals surface area contributed by atoms with Crippen molar-refractivity contribution in [2.75, 3.05) is 13.7 Å². The topological polar surface area (TPSA) is 73.6 Å². The lowest BCUT2D eigenvalue weighted by molar-refractivity contribution is -0.159. The van der Waals surface area contributed by atoms with Gasteiger partial charge in [-0.15, -0.1) is 5.10 Å².